The lowest BCUT2D eigenvalue weighted by atomic mass is 10.1. The third-order valence-corrected chi connectivity index (χ3v) is 6.02. The summed E-state index contributed by atoms with van der Waals surface area (Å²) in [7, 11) is 1.69. The zero-order chi connectivity index (χ0) is 23.4. The van der Waals surface area contributed by atoms with Gasteiger partial charge in [-0.2, -0.15) is 5.10 Å². The standard InChI is InChI=1S/C27H32N4O2/c1-6-33-22-14-15-23(24(17-22)32-5)31-19(3)25-18(2)29-30-27(26(25)20(31)4)28-16-10-13-21-11-8-7-9-12-21/h7-9,11-12,14-15,17H,6,10,13,16H2,1-5H3,(H,28,30). The van der Waals surface area contributed by atoms with Gasteiger partial charge in [-0.05, 0) is 58.2 Å². The predicted octanol–water partition coefficient (Wildman–Crippen LogP) is 5.80. The molecule has 0 fully saturated rings. The van der Waals surface area contributed by atoms with Crippen LogP contribution in [-0.4, -0.2) is 35.0 Å². The van der Waals surface area contributed by atoms with Gasteiger partial charge in [0.25, 0.3) is 0 Å². The molecule has 0 atom stereocenters. The number of rotatable bonds is 9. The van der Waals surface area contributed by atoms with Crippen LogP contribution < -0.4 is 14.8 Å². The van der Waals surface area contributed by atoms with Crippen LogP contribution in [0, 0.1) is 20.8 Å². The van der Waals surface area contributed by atoms with E-state index in [1.54, 1.807) is 7.11 Å². The van der Waals surface area contributed by atoms with Crippen molar-refractivity contribution in [1.82, 2.24) is 14.8 Å². The summed E-state index contributed by atoms with van der Waals surface area (Å²) in [5.41, 5.74) is 5.46. The Morgan fingerprint density at radius 2 is 1.70 bits per heavy atom. The summed E-state index contributed by atoms with van der Waals surface area (Å²) in [5, 5.41) is 14.7. The van der Waals surface area contributed by atoms with Crippen molar-refractivity contribution in [3.05, 3.63) is 71.2 Å². The van der Waals surface area contributed by atoms with E-state index in [2.05, 4.69) is 64.3 Å². The highest BCUT2D eigenvalue weighted by Crippen LogP contribution is 2.37. The largest absolute Gasteiger partial charge is 0.494 e. The molecule has 0 radical (unpaired) electrons. The number of methoxy groups -OCH3 is 1. The number of nitrogens with zero attached hydrogens (tertiary/aromatic N) is 3. The average Bonchev–Trinajstić information content (AvgIpc) is 3.10. The van der Waals surface area contributed by atoms with Crippen molar-refractivity contribution in [3.63, 3.8) is 0 Å². The fourth-order valence-electron chi connectivity index (χ4n) is 4.52. The Kier molecular flexibility index (Phi) is 6.82. The Morgan fingerprint density at radius 3 is 2.42 bits per heavy atom. The zero-order valence-electron chi connectivity index (χ0n) is 20.1. The van der Waals surface area contributed by atoms with Crippen molar-refractivity contribution in [1.29, 1.82) is 0 Å². The van der Waals surface area contributed by atoms with Crippen LogP contribution in [0.3, 0.4) is 0 Å². The van der Waals surface area contributed by atoms with E-state index in [4.69, 9.17) is 9.47 Å². The van der Waals surface area contributed by atoms with Gasteiger partial charge in [0, 0.05) is 34.8 Å². The molecule has 0 bridgehead atoms. The Morgan fingerprint density at radius 1 is 0.939 bits per heavy atom. The fourth-order valence-corrected chi connectivity index (χ4v) is 4.52. The van der Waals surface area contributed by atoms with E-state index >= 15 is 0 Å². The normalized spacial score (nSPS) is 11.1. The average molecular weight is 445 g/mol. The molecule has 2 aromatic heterocycles. The maximum atomic E-state index is 5.73. The van der Waals surface area contributed by atoms with Crippen LogP contribution >= 0.6 is 0 Å². The van der Waals surface area contributed by atoms with E-state index in [0.29, 0.717) is 6.61 Å². The lowest BCUT2D eigenvalue weighted by Gasteiger charge is -2.15. The lowest BCUT2D eigenvalue weighted by Crippen LogP contribution is -2.07. The van der Waals surface area contributed by atoms with Crippen LogP contribution in [0.5, 0.6) is 11.5 Å². The Bertz CT molecular complexity index is 1250. The van der Waals surface area contributed by atoms with Crippen molar-refractivity contribution in [2.45, 2.75) is 40.5 Å². The summed E-state index contributed by atoms with van der Waals surface area (Å²) in [5.74, 6) is 2.39. The van der Waals surface area contributed by atoms with E-state index in [9.17, 15) is 0 Å². The second-order valence-corrected chi connectivity index (χ2v) is 8.17. The molecule has 6 heteroatoms. The van der Waals surface area contributed by atoms with Crippen molar-refractivity contribution in [2.75, 3.05) is 25.6 Å². The molecule has 2 aromatic carbocycles. The first kappa shape index (κ1) is 22.6. The molecule has 0 aliphatic rings. The molecule has 0 aliphatic heterocycles. The molecule has 4 aromatic rings. The van der Waals surface area contributed by atoms with Gasteiger partial charge in [0.2, 0.25) is 0 Å². The number of anilines is 1. The molecule has 33 heavy (non-hydrogen) atoms. The molecule has 172 valence electrons. The summed E-state index contributed by atoms with van der Waals surface area (Å²) in [6.45, 7) is 9.69. The number of nitrogens with one attached hydrogen (secondary N) is 1. The molecule has 6 nitrogen and oxygen atoms in total. The number of hydrogen-bond donors (Lipinski definition) is 1. The minimum absolute atomic E-state index is 0.615. The highest BCUT2D eigenvalue weighted by molar-refractivity contribution is 5.98. The monoisotopic (exact) mass is 444 g/mol. The van der Waals surface area contributed by atoms with Gasteiger partial charge in [0.05, 0.1) is 25.1 Å². The van der Waals surface area contributed by atoms with Gasteiger partial charge < -0.3 is 19.4 Å². The summed E-state index contributed by atoms with van der Waals surface area (Å²) < 4.78 is 13.6. The molecule has 4 rings (SSSR count). The Balaban J connectivity index is 1.68. The van der Waals surface area contributed by atoms with Crippen LogP contribution in [0.1, 0.15) is 36.0 Å². The molecule has 0 amide bonds. The van der Waals surface area contributed by atoms with Crippen molar-refractivity contribution < 1.29 is 9.47 Å². The molecule has 2 heterocycles. The zero-order valence-corrected chi connectivity index (χ0v) is 20.1. The summed E-state index contributed by atoms with van der Waals surface area (Å²) in [4.78, 5) is 0. The van der Waals surface area contributed by atoms with E-state index in [1.807, 2.05) is 32.0 Å². The van der Waals surface area contributed by atoms with Gasteiger partial charge in [0.15, 0.2) is 5.82 Å². The first-order valence-corrected chi connectivity index (χ1v) is 11.5. The molecule has 0 saturated carbocycles. The SMILES string of the molecule is CCOc1ccc(-n2c(C)c3c(C)nnc(NCCCc4ccccc4)c3c2C)c(OC)c1. The van der Waals surface area contributed by atoms with Crippen molar-refractivity contribution >= 4 is 16.6 Å². The van der Waals surface area contributed by atoms with E-state index in [1.165, 1.54) is 5.56 Å². The van der Waals surface area contributed by atoms with E-state index in [0.717, 1.165) is 70.2 Å². The van der Waals surface area contributed by atoms with Crippen LogP contribution in [0.15, 0.2) is 48.5 Å². The number of ether oxygens (including phenoxy) is 2. The summed E-state index contributed by atoms with van der Waals surface area (Å²) >= 11 is 0. The van der Waals surface area contributed by atoms with Crippen LogP contribution in [0.2, 0.25) is 0 Å². The van der Waals surface area contributed by atoms with Gasteiger partial charge in [-0.25, -0.2) is 0 Å². The molecule has 1 N–H and O–H groups in total. The number of fused-ring (bicyclic) bond motifs is 1. The molecule has 0 aliphatic carbocycles. The highest BCUT2D eigenvalue weighted by Gasteiger charge is 2.21. The fraction of sp³-hybridized carbons (Fsp3) is 0.333. The Hall–Kier alpha value is -3.54. The maximum absolute atomic E-state index is 5.73. The summed E-state index contributed by atoms with van der Waals surface area (Å²) in [6, 6.07) is 16.5. The van der Waals surface area contributed by atoms with Gasteiger partial charge in [-0.15, -0.1) is 5.10 Å². The number of hydrogen-bond acceptors (Lipinski definition) is 5. The molecular formula is C27H32N4O2. The van der Waals surface area contributed by atoms with Crippen molar-refractivity contribution in [2.24, 2.45) is 0 Å². The van der Waals surface area contributed by atoms with Crippen LogP contribution in [-0.2, 0) is 6.42 Å². The topological polar surface area (TPSA) is 61.2 Å². The van der Waals surface area contributed by atoms with E-state index in [-0.39, 0.29) is 0 Å². The first-order valence-electron chi connectivity index (χ1n) is 11.5. The van der Waals surface area contributed by atoms with Crippen molar-refractivity contribution in [3.8, 4) is 17.2 Å². The second-order valence-electron chi connectivity index (χ2n) is 8.17. The quantitative estimate of drug-likeness (QED) is 0.331. The van der Waals surface area contributed by atoms with Crippen LogP contribution in [0.4, 0.5) is 5.82 Å². The van der Waals surface area contributed by atoms with Crippen LogP contribution in [0.25, 0.3) is 16.5 Å². The molecular weight excluding hydrogens is 412 g/mol. The van der Waals surface area contributed by atoms with Gasteiger partial charge >= 0.3 is 0 Å². The number of aryl methyl sites for hydroxylation is 4. The minimum Gasteiger partial charge on any atom is -0.494 e. The maximum Gasteiger partial charge on any atom is 0.158 e. The second kappa shape index (κ2) is 9.94. The third-order valence-electron chi connectivity index (χ3n) is 6.02. The summed E-state index contributed by atoms with van der Waals surface area (Å²) in [6.07, 6.45) is 2.05. The Labute approximate surface area is 195 Å². The lowest BCUT2D eigenvalue weighted by molar-refractivity contribution is 0.336. The molecule has 0 spiro atoms. The number of benzene rings is 2. The van der Waals surface area contributed by atoms with Gasteiger partial charge in [0.1, 0.15) is 11.5 Å². The molecule has 0 saturated heterocycles. The third kappa shape index (κ3) is 4.51. The smallest absolute Gasteiger partial charge is 0.158 e. The van der Waals surface area contributed by atoms with Gasteiger partial charge in [-0.1, -0.05) is 30.3 Å². The minimum atomic E-state index is 0.615. The predicted molar refractivity (Wildman–Crippen MR) is 134 cm³/mol. The number of aromatic nitrogens is 3. The van der Waals surface area contributed by atoms with Gasteiger partial charge in [-0.3, -0.25) is 0 Å². The highest BCUT2D eigenvalue weighted by atomic mass is 16.5. The first-order chi connectivity index (χ1) is 16.0. The molecule has 0 unspecified atom stereocenters. The van der Waals surface area contributed by atoms with E-state index < -0.39 is 0 Å².